The van der Waals surface area contributed by atoms with Gasteiger partial charge in [-0.1, -0.05) is 19.9 Å². The van der Waals surface area contributed by atoms with Crippen molar-refractivity contribution in [2.24, 2.45) is 0 Å². The number of piperidine rings is 1. The van der Waals surface area contributed by atoms with Crippen LogP contribution in [0.15, 0.2) is 18.3 Å². The molecule has 2 bridgehead atoms. The molecule has 2 aromatic heterocycles. The third kappa shape index (κ3) is 6.35. The third-order valence-corrected chi connectivity index (χ3v) is 9.52. The van der Waals surface area contributed by atoms with Gasteiger partial charge in [0.05, 0.1) is 18.8 Å². The highest BCUT2D eigenvalue weighted by molar-refractivity contribution is 5.88. The Morgan fingerprint density at radius 1 is 1.09 bits per heavy atom. The molecule has 44 heavy (non-hydrogen) atoms. The van der Waals surface area contributed by atoms with Gasteiger partial charge in [-0.05, 0) is 65.5 Å². The number of likely N-dealkylation sites (N-methyl/N-ethyl adjacent to an activating group) is 1. The van der Waals surface area contributed by atoms with Gasteiger partial charge in [0.1, 0.15) is 6.10 Å². The van der Waals surface area contributed by atoms with Crippen molar-refractivity contribution in [3.63, 3.8) is 0 Å². The van der Waals surface area contributed by atoms with Gasteiger partial charge in [0.15, 0.2) is 5.65 Å². The van der Waals surface area contributed by atoms with Gasteiger partial charge < -0.3 is 34.8 Å². The molecule has 2 aromatic rings. The Balaban J connectivity index is 1.09. The number of aromatic nitrogens is 4. The molecule has 6 heterocycles. The fourth-order valence-corrected chi connectivity index (χ4v) is 6.91. The van der Waals surface area contributed by atoms with Gasteiger partial charge in [-0.2, -0.15) is 19.6 Å². The Kier molecular flexibility index (Phi) is 8.95. The number of hydrogen-bond donors (Lipinski definition) is 2. The first-order valence-electron chi connectivity index (χ1n) is 16.1. The highest BCUT2D eigenvalue weighted by atomic mass is 16.6. The van der Waals surface area contributed by atoms with Gasteiger partial charge in [-0.25, -0.2) is 4.79 Å². The van der Waals surface area contributed by atoms with Gasteiger partial charge in [0, 0.05) is 55.6 Å². The Morgan fingerprint density at radius 3 is 2.48 bits per heavy atom. The van der Waals surface area contributed by atoms with Crippen LogP contribution in [0.25, 0.3) is 5.65 Å². The van der Waals surface area contributed by atoms with Crippen LogP contribution >= 0.6 is 0 Å². The molecule has 0 aromatic carbocycles. The second-order valence-electron chi connectivity index (χ2n) is 13.3. The van der Waals surface area contributed by atoms with E-state index in [9.17, 15) is 9.59 Å². The first-order valence-corrected chi connectivity index (χ1v) is 16.1. The maximum absolute atomic E-state index is 13.4. The molecule has 0 saturated carbocycles. The van der Waals surface area contributed by atoms with Gasteiger partial charge in [-0.15, -0.1) is 0 Å². The first kappa shape index (κ1) is 30.6. The summed E-state index contributed by atoms with van der Waals surface area (Å²) in [6.45, 7) is 8.85. The molecule has 13 heteroatoms. The zero-order valence-electron chi connectivity index (χ0n) is 26.6. The zero-order chi connectivity index (χ0) is 31.0. The van der Waals surface area contributed by atoms with Crippen molar-refractivity contribution in [3.05, 3.63) is 23.9 Å². The maximum atomic E-state index is 13.4. The molecule has 4 saturated heterocycles. The summed E-state index contributed by atoms with van der Waals surface area (Å²) in [4.78, 5) is 41.4. The quantitative estimate of drug-likeness (QED) is 0.409. The van der Waals surface area contributed by atoms with E-state index in [2.05, 4.69) is 29.6 Å². The smallest absolute Gasteiger partial charge is 0.410 e. The minimum atomic E-state index is -0.283. The Morgan fingerprint density at radius 2 is 1.82 bits per heavy atom. The highest BCUT2D eigenvalue weighted by Crippen LogP contribution is 2.38. The molecule has 4 unspecified atom stereocenters. The number of nitrogens with one attached hydrogen (secondary N) is 2. The van der Waals surface area contributed by atoms with Crippen LogP contribution in [0.3, 0.4) is 0 Å². The number of carbonyl (C=O) groups is 2. The fraction of sp³-hybridized carbons (Fsp3) is 0.710. The minimum Gasteiger partial charge on any atom is -0.442 e. The van der Waals surface area contributed by atoms with Crippen LogP contribution in [0.4, 0.5) is 16.7 Å². The van der Waals surface area contributed by atoms with Crippen molar-refractivity contribution in [3.8, 4) is 0 Å². The van der Waals surface area contributed by atoms with Crippen molar-refractivity contribution in [2.45, 2.75) is 102 Å². The fourth-order valence-electron chi connectivity index (χ4n) is 6.91. The summed E-state index contributed by atoms with van der Waals surface area (Å²) < 4.78 is 13.3. The SMILES string of the molecule is CC(C)c1cnn2c(NC3CC4CCC(C3)N4C(=O)OC3CN(C(=O)/C=C/CN(C)C)C3C)nc(NC3CCOCC3)nc12. The number of hydrogen-bond acceptors (Lipinski definition) is 10. The molecule has 4 aliphatic heterocycles. The molecule has 240 valence electrons. The normalized spacial score (nSPS) is 27.4. The van der Waals surface area contributed by atoms with E-state index in [0.29, 0.717) is 25.0 Å². The number of amides is 2. The average molecular weight is 610 g/mol. The van der Waals surface area contributed by atoms with Crippen molar-refractivity contribution in [2.75, 3.05) is 51.0 Å². The van der Waals surface area contributed by atoms with E-state index in [-0.39, 0.29) is 54.2 Å². The number of anilines is 2. The van der Waals surface area contributed by atoms with E-state index in [1.54, 1.807) is 11.0 Å². The number of ether oxygens (including phenoxy) is 2. The summed E-state index contributed by atoms with van der Waals surface area (Å²) in [5.41, 5.74) is 1.89. The second-order valence-corrected chi connectivity index (χ2v) is 13.3. The topological polar surface area (TPSA) is 129 Å². The Hall–Kier alpha value is -3.45. The zero-order valence-corrected chi connectivity index (χ0v) is 26.6. The summed E-state index contributed by atoms with van der Waals surface area (Å²) in [7, 11) is 3.92. The molecule has 4 atom stereocenters. The number of nitrogens with zero attached hydrogens (tertiary/aromatic N) is 7. The van der Waals surface area contributed by atoms with Crippen LogP contribution in [0, 0.1) is 0 Å². The average Bonchev–Trinajstić information content (AvgIpc) is 3.53. The van der Waals surface area contributed by atoms with E-state index in [1.165, 1.54) is 0 Å². The van der Waals surface area contributed by atoms with Crippen molar-refractivity contribution < 1.29 is 19.1 Å². The highest BCUT2D eigenvalue weighted by Gasteiger charge is 2.47. The number of carbonyl (C=O) groups excluding carboxylic acids is 2. The number of fused-ring (bicyclic) bond motifs is 3. The van der Waals surface area contributed by atoms with E-state index >= 15 is 0 Å². The summed E-state index contributed by atoms with van der Waals surface area (Å²) in [6.07, 6.45) is 10.2. The van der Waals surface area contributed by atoms with Gasteiger partial charge in [0.2, 0.25) is 17.8 Å². The van der Waals surface area contributed by atoms with Gasteiger partial charge in [0.25, 0.3) is 0 Å². The lowest BCUT2D eigenvalue weighted by Gasteiger charge is -2.46. The van der Waals surface area contributed by atoms with Crippen LogP contribution in [0.1, 0.15) is 70.8 Å². The number of likely N-dealkylation sites (tertiary alicyclic amines) is 1. The maximum Gasteiger partial charge on any atom is 0.410 e. The molecule has 6 rings (SSSR count). The number of rotatable bonds is 9. The van der Waals surface area contributed by atoms with Crippen LogP contribution in [0.2, 0.25) is 0 Å². The summed E-state index contributed by atoms with van der Waals surface area (Å²) in [5, 5.41) is 11.9. The Bertz CT molecular complexity index is 1360. The molecule has 0 spiro atoms. The van der Waals surface area contributed by atoms with Crippen LogP contribution < -0.4 is 10.6 Å². The van der Waals surface area contributed by atoms with E-state index in [0.717, 1.165) is 62.9 Å². The molecule has 13 nitrogen and oxygen atoms in total. The van der Waals surface area contributed by atoms with E-state index in [1.807, 2.05) is 47.6 Å². The lowest BCUT2D eigenvalue weighted by atomic mass is 9.97. The summed E-state index contributed by atoms with van der Waals surface area (Å²) in [5.74, 6) is 1.51. The molecule has 0 radical (unpaired) electrons. The van der Waals surface area contributed by atoms with Crippen molar-refractivity contribution >= 4 is 29.5 Å². The van der Waals surface area contributed by atoms with Gasteiger partial charge in [-0.3, -0.25) is 4.79 Å². The van der Waals surface area contributed by atoms with Crippen molar-refractivity contribution in [1.29, 1.82) is 0 Å². The van der Waals surface area contributed by atoms with Crippen LogP contribution in [-0.2, 0) is 14.3 Å². The third-order valence-electron chi connectivity index (χ3n) is 9.52. The molecule has 0 aliphatic carbocycles. The van der Waals surface area contributed by atoms with Crippen molar-refractivity contribution in [1.82, 2.24) is 34.3 Å². The predicted molar refractivity (Wildman–Crippen MR) is 167 cm³/mol. The van der Waals surface area contributed by atoms with E-state index in [4.69, 9.17) is 19.4 Å². The summed E-state index contributed by atoms with van der Waals surface area (Å²) in [6, 6.07) is 0.476. The van der Waals surface area contributed by atoms with Gasteiger partial charge >= 0.3 is 6.09 Å². The van der Waals surface area contributed by atoms with E-state index < -0.39 is 0 Å². The first-order chi connectivity index (χ1) is 21.2. The summed E-state index contributed by atoms with van der Waals surface area (Å²) >= 11 is 0. The lowest BCUT2D eigenvalue weighted by Crippen LogP contribution is -2.63. The molecular weight excluding hydrogens is 562 g/mol. The lowest BCUT2D eigenvalue weighted by molar-refractivity contribution is -0.145. The standard InChI is InChI=1S/C31H47N9O4/c1-19(2)25-17-32-40-28(25)35-29(33-21-10-13-43-14-11-21)36-30(40)34-22-15-23-8-9-24(16-22)39(23)31(42)44-26-18-38(20(26)3)27(41)7-6-12-37(4)5/h6-7,17,19-24,26H,8-16,18H2,1-5H3,(H2,33,34,35,36)/b7-6+. The molecule has 2 amide bonds. The molecular formula is C31H47N9O4. The van der Waals surface area contributed by atoms with Crippen LogP contribution in [0.5, 0.6) is 0 Å². The molecule has 4 aliphatic rings. The molecule has 2 N–H and O–H groups in total. The monoisotopic (exact) mass is 609 g/mol. The largest absolute Gasteiger partial charge is 0.442 e. The predicted octanol–water partition coefficient (Wildman–Crippen LogP) is 3.10. The minimum absolute atomic E-state index is 0.0405. The molecule has 4 fully saturated rings. The second kappa shape index (κ2) is 12.9. The Labute approximate surface area is 259 Å². The van der Waals surface area contributed by atoms with Crippen LogP contribution in [-0.4, -0.2) is 123 Å².